The van der Waals surface area contributed by atoms with Gasteiger partial charge in [0.25, 0.3) is 0 Å². The third kappa shape index (κ3) is 2.10. The summed E-state index contributed by atoms with van der Waals surface area (Å²) >= 11 is 0. The van der Waals surface area contributed by atoms with E-state index < -0.39 is 10.0 Å². The number of anilines is 1. The van der Waals surface area contributed by atoms with Crippen LogP contribution in [0.3, 0.4) is 0 Å². The molecule has 3 aliphatic rings. The lowest BCUT2D eigenvalue weighted by Crippen LogP contribution is -2.35. The van der Waals surface area contributed by atoms with Crippen molar-refractivity contribution in [3.8, 4) is 0 Å². The Hall–Kier alpha value is -1.60. The zero-order valence-electron chi connectivity index (χ0n) is 13.8. The lowest BCUT2D eigenvalue weighted by Gasteiger charge is -2.22. The van der Waals surface area contributed by atoms with Gasteiger partial charge in [0.2, 0.25) is 16.0 Å². The number of benzene rings is 1. The molecule has 0 spiro atoms. The summed E-state index contributed by atoms with van der Waals surface area (Å²) in [6, 6.07) is 8.18. The van der Waals surface area contributed by atoms with Crippen LogP contribution in [-0.4, -0.2) is 53.7 Å². The molecule has 2 aliphatic heterocycles. The zero-order chi connectivity index (χ0) is 16.5. The van der Waals surface area contributed by atoms with Crippen LogP contribution in [0.2, 0.25) is 0 Å². The lowest BCUT2D eigenvalue weighted by molar-refractivity contribution is 0.451. The Morgan fingerprint density at radius 2 is 1.71 bits per heavy atom. The van der Waals surface area contributed by atoms with E-state index in [4.69, 9.17) is 4.98 Å². The molecule has 3 heterocycles. The molecule has 1 saturated carbocycles. The molecule has 24 heavy (non-hydrogen) atoms. The van der Waals surface area contributed by atoms with E-state index in [0.29, 0.717) is 24.9 Å². The number of aromatic nitrogens is 2. The van der Waals surface area contributed by atoms with Gasteiger partial charge in [0.1, 0.15) is 0 Å². The number of hydrogen-bond donors (Lipinski definition) is 0. The maximum atomic E-state index is 12.4. The van der Waals surface area contributed by atoms with Gasteiger partial charge in [-0.05, 0) is 36.8 Å². The maximum absolute atomic E-state index is 12.4. The molecule has 2 aromatic rings. The first-order valence-electron chi connectivity index (χ1n) is 8.69. The number of nitrogens with zero attached hydrogens (tertiary/aromatic N) is 4. The molecule has 0 N–H and O–H groups in total. The SMILES string of the molecule is Cn1c(N2CC3CN(S(=O)(=O)C4CC4)CC3C2)nc2ccccc21. The fourth-order valence-electron chi connectivity index (χ4n) is 4.31. The molecule has 7 heteroatoms. The largest absolute Gasteiger partial charge is 0.342 e. The zero-order valence-corrected chi connectivity index (χ0v) is 14.6. The fourth-order valence-corrected chi connectivity index (χ4v) is 6.27. The van der Waals surface area contributed by atoms with Crippen LogP contribution in [0.25, 0.3) is 11.0 Å². The highest BCUT2D eigenvalue weighted by molar-refractivity contribution is 7.90. The highest BCUT2D eigenvalue weighted by Crippen LogP contribution is 2.39. The second-order valence-electron chi connectivity index (χ2n) is 7.45. The van der Waals surface area contributed by atoms with Crippen LogP contribution >= 0.6 is 0 Å². The average molecular weight is 346 g/mol. The first kappa shape index (κ1) is 14.7. The van der Waals surface area contributed by atoms with Gasteiger partial charge in [-0.15, -0.1) is 0 Å². The van der Waals surface area contributed by atoms with Gasteiger partial charge in [0.15, 0.2) is 0 Å². The molecule has 0 radical (unpaired) electrons. The van der Waals surface area contributed by atoms with Crippen LogP contribution in [-0.2, 0) is 17.1 Å². The van der Waals surface area contributed by atoms with Crippen molar-refractivity contribution in [2.24, 2.45) is 18.9 Å². The number of aryl methyl sites for hydroxylation is 1. The molecule has 1 aromatic carbocycles. The molecule has 128 valence electrons. The van der Waals surface area contributed by atoms with Crippen molar-refractivity contribution in [1.82, 2.24) is 13.9 Å². The van der Waals surface area contributed by atoms with Gasteiger partial charge in [-0.25, -0.2) is 17.7 Å². The number of sulfonamides is 1. The number of rotatable bonds is 3. The number of para-hydroxylation sites is 2. The molecule has 2 atom stereocenters. The summed E-state index contributed by atoms with van der Waals surface area (Å²) in [5, 5.41) is -0.0905. The molecule has 0 bridgehead atoms. The summed E-state index contributed by atoms with van der Waals surface area (Å²) in [5.74, 6) is 1.86. The Morgan fingerprint density at radius 3 is 2.33 bits per heavy atom. The molecule has 2 unspecified atom stereocenters. The van der Waals surface area contributed by atoms with E-state index in [1.165, 1.54) is 0 Å². The second kappa shape index (κ2) is 4.95. The first-order valence-corrected chi connectivity index (χ1v) is 10.2. The van der Waals surface area contributed by atoms with E-state index >= 15 is 0 Å². The molecule has 0 amide bonds. The molecule has 6 nitrogen and oxygen atoms in total. The summed E-state index contributed by atoms with van der Waals surface area (Å²) in [7, 11) is -0.966. The highest BCUT2D eigenvalue weighted by atomic mass is 32.2. The van der Waals surface area contributed by atoms with Crippen molar-refractivity contribution < 1.29 is 8.42 Å². The van der Waals surface area contributed by atoms with Gasteiger partial charge in [-0.2, -0.15) is 0 Å². The standard InChI is InChI=1S/C17H22N4O2S/c1-19-16-5-3-2-4-15(16)18-17(19)20-8-12-10-21(11-13(12)9-20)24(22,23)14-6-7-14/h2-5,12-14H,6-11H2,1H3. The summed E-state index contributed by atoms with van der Waals surface area (Å²) in [5.41, 5.74) is 2.16. The molecule has 3 fully saturated rings. The minimum atomic E-state index is -3.02. The van der Waals surface area contributed by atoms with Crippen LogP contribution in [0.15, 0.2) is 24.3 Å². The van der Waals surface area contributed by atoms with Gasteiger partial charge in [-0.3, -0.25) is 0 Å². The Bertz CT molecular complexity index is 888. The molecule has 1 aliphatic carbocycles. The number of imidazole rings is 1. The normalized spacial score (nSPS) is 28.0. The Kier molecular flexibility index (Phi) is 3.04. The van der Waals surface area contributed by atoms with Gasteiger partial charge in [-0.1, -0.05) is 12.1 Å². The molecular weight excluding hydrogens is 324 g/mol. The monoisotopic (exact) mass is 346 g/mol. The van der Waals surface area contributed by atoms with Crippen molar-refractivity contribution in [2.75, 3.05) is 31.1 Å². The smallest absolute Gasteiger partial charge is 0.217 e. The molecular formula is C17H22N4O2S. The Balaban J connectivity index is 1.36. The van der Waals surface area contributed by atoms with Crippen LogP contribution in [0, 0.1) is 11.8 Å². The number of hydrogen-bond acceptors (Lipinski definition) is 4. The van der Waals surface area contributed by atoms with Crippen molar-refractivity contribution in [1.29, 1.82) is 0 Å². The van der Waals surface area contributed by atoms with E-state index in [1.807, 2.05) is 18.2 Å². The quantitative estimate of drug-likeness (QED) is 0.844. The third-order valence-corrected chi connectivity index (χ3v) is 8.14. The fraction of sp³-hybridized carbons (Fsp3) is 0.588. The van der Waals surface area contributed by atoms with Gasteiger partial charge < -0.3 is 9.47 Å². The van der Waals surface area contributed by atoms with Crippen molar-refractivity contribution >= 4 is 27.0 Å². The summed E-state index contributed by atoms with van der Waals surface area (Å²) < 4.78 is 28.8. The second-order valence-corrected chi connectivity index (χ2v) is 9.66. The van der Waals surface area contributed by atoms with Crippen molar-refractivity contribution in [3.05, 3.63) is 24.3 Å². The van der Waals surface area contributed by atoms with E-state index in [9.17, 15) is 8.42 Å². The first-order chi connectivity index (χ1) is 11.5. The Labute approximate surface area is 142 Å². The highest BCUT2D eigenvalue weighted by Gasteiger charge is 2.48. The minimum Gasteiger partial charge on any atom is -0.342 e. The predicted molar refractivity (Wildman–Crippen MR) is 93.4 cm³/mol. The maximum Gasteiger partial charge on any atom is 0.217 e. The Morgan fingerprint density at radius 1 is 1.04 bits per heavy atom. The van der Waals surface area contributed by atoms with E-state index in [2.05, 4.69) is 22.6 Å². The number of fused-ring (bicyclic) bond motifs is 2. The summed E-state index contributed by atoms with van der Waals surface area (Å²) in [6.45, 7) is 3.17. The van der Waals surface area contributed by atoms with Crippen LogP contribution in [0.5, 0.6) is 0 Å². The topological polar surface area (TPSA) is 58.4 Å². The minimum absolute atomic E-state index is 0.0905. The molecule has 5 rings (SSSR count). The average Bonchev–Trinajstić information content (AvgIpc) is 3.13. The summed E-state index contributed by atoms with van der Waals surface area (Å²) in [6.07, 6.45) is 1.69. The van der Waals surface area contributed by atoms with Crippen LogP contribution in [0.4, 0.5) is 5.95 Å². The van der Waals surface area contributed by atoms with E-state index in [1.54, 1.807) is 4.31 Å². The van der Waals surface area contributed by atoms with E-state index in [-0.39, 0.29) is 5.25 Å². The van der Waals surface area contributed by atoms with Gasteiger partial charge >= 0.3 is 0 Å². The predicted octanol–water partition coefficient (Wildman–Crippen LogP) is 1.43. The van der Waals surface area contributed by atoms with Crippen LogP contribution < -0.4 is 4.90 Å². The van der Waals surface area contributed by atoms with E-state index in [0.717, 1.165) is 42.9 Å². The van der Waals surface area contributed by atoms with Gasteiger partial charge in [0.05, 0.1) is 16.3 Å². The molecule has 2 saturated heterocycles. The van der Waals surface area contributed by atoms with Gasteiger partial charge in [0, 0.05) is 33.2 Å². The molecule has 1 aromatic heterocycles. The lowest BCUT2D eigenvalue weighted by atomic mass is 10.0. The van der Waals surface area contributed by atoms with Crippen molar-refractivity contribution in [3.63, 3.8) is 0 Å². The summed E-state index contributed by atoms with van der Waals surface area (Å²) in [4.78, 5) is 7.11. The van der Waals surface area contributed by atoms with Crippen LogP contribution in [0.1, 0.15) is 12.8 Å². The van der Waals surface area contributed by atoms with Crippen molar-refractivity contribution in [2.45, 2.75) is 18.1 Å². The third-order valence-electron chi connectivity index (χ3n) is 5.80.